The Bertz CT molecular complexity index is 250. The van der Waals surface area contributed by atoms with Crippen LogP contribution in [0.25, 0.3) is 0 Å². The summed E-state index contributed by atoms with van der Waals surface area (Å²) in [7, 11) is 0. The van der Waals surface area contributed by atoms with Gasteiger partial charge in [-0.25, -0.2) is 0 Å². The minimum absolute atomic E-state index is 0.522. The average molecular weight is 207 g/mol. The molecule has 0 radical (unpaired) electrons. The van der Waals surface area contributed by atoms with Crippen LogP contribution < -0.4 is 0 Å². The lowest BCUT2D eigenvalue weighted by Gasteiger charge is -2.20. The smallest absolute Gasteiger partial charge is 0.0601 e. The molecule has 0 aromatic carbocycles. The van der Waals surface area contributed by atoms with Gasteiger partial charge in [0.1, 0.15) is 0 Å². The molecule has 1 atom stereocenters. The molecule has 3 nitrogen and oxygen atoms in total. The Morgan fingerprint density at radius 1 is 1.13 bits per heavy atom. The van der Waals surface area contributed by atoms with Gasteiger partial charge in [0.25, 0.3) is 0 Å². The zero-order valence-electron chi connectivity index (χ0n) is 9.24. The van der Waals surface area contributed by atoms with Gasteiger partial charge in [-0.2, -0.15) is 0 Å². The molecule has 2 heterocycles. The maximum Gasteiger partial charge on any atom is 0.0601 e. The second kappa shape index (κ2) is 5.50. The lowest BCUT2D eigenvalue weighted by atomic mass is 10.1. The Hall–Kier alpha value is -0.560. The summed E-state index contributed by atoms with van der Waals surface area (Å²) in [5.41, 5.74) is 0. The Morgan fingerprint density at radius 2 is 1.93 bits per heavy atom. The zero-order chi connectivity index (χ0) is 10.5. The van der Waals surface area contributed by atoms with E-state index in [1.165, 1.54) is 25.9 Å². The second-order valence-electron chi connectivity index (χ2n) is 4.58. The highest BCUT2D eigenvalue weighted by Gasteiger charge is 2.14. The van der Waals surface area contributed by atoms with Crippen molar-refractivity contribution in [3.63, 3.8) is 0 Å². The molecule has 2 fully saturated rings. The van der Waals surface area contributed by atoms with Gasteiger partial charge in [-0.15, -0.1) is 5.92 Å². The van der Waals surface area contributed by atoms with Crippen molar-refractivity contribution < 1.29 is 0 Å². The molecule has 2 aliphatic heterocycles. The van der Waals surface area contributed by atoms with Crippen molar-refractivity contribution in [1.29, 1.82) is 0 Å². The quantitative estimate of drug-likeness (QED) is 0.639. The van der Waals surface area contributed by atoms with Crippen LogP contribution in [0.2, 0.25) is 0 Å². The molecule has 0 bridgehead atoms. The summed E-state index contributed by atoms with van der Waals surface area (Å²) in [5, 5.41) is 12.1. The molecule has 2 saturated heterocycles. The summed E-state index contributed by atoms with van der Waals surface area (Å²) in [6, 6.07) is 0. The van der Waals surface area contributed by atoms with Gasteiger partial charge in [0.15, 0.2) is 0 Å². The molecule has 0 spiro atoms. The molecule has 0 aliphatic carbocycles. The Morgan fingerprint density at radius 3 is 2.60 bits per heavy atom. The van der Waals surface area contributed by atoms with E-state index in [0.29, 0.717) is 19.0 Å². The van der Waals surface area contributed by atoms with Gasteiger partial charge >= 0.3 is 0 Å². The summed E-state index contributed by atoms with van der Waals surface area (Å²) in [6.07, 6.45) is 4.60. The van der Waals surface area contributed by atoms with E-state index in [2.05, 4.69) is 16.7 Å². The normalized spacial score (nSPS) is 27.9. The minimum Gasteiger partial charge on any atom is -0.785 e. The lowest BCUT2D eigenvalue weighted by molar-refractivity contribution is 0.383. The van der Waals surface area contributed by atoms with Crippen molar-refractivity contribution in [2.45, 2.75) is 25.7 Å². The summed E-state index contributed by atoms with van der Waals surface area (Å²) >= 11 is 0. The molecule has 0 aromatic heterocycles. The van der Waals surface area contributed by atoms with Crippen LogP contribution in [0, 0.1) is 23.0 Å². The first-order valence-corrected chi connectivity index (χ1v) is 5.95. The van der Waals surface area contributed by atoms with Gasteiger partial charge in [-0.1, -0.05) is 5.92 Å². The van der Waals surface area contributed by atoms with Crippen molar-refractivity contribution in [2.75, 3.05) is 32.7 Å². The SMILES string of the molecule is [O-]N1CCC(CC#CCN2CCCC2)C1. The van der Waals surface area contributed by atoms with E-state index >= 15 is 0 Å². The highest BCUT2D eigenvalue weighted by molar-refractivity contribution is 5.03. The van der Waals surface area contributed by atoms with Crippen LogP contribution in [0.3, 0.4) is 0 Å². The summed E-state index contributed by atoms with van der Waals surface area (Å²) in [5.74, 6) is 6.96. The Labute approximate surface area is 92.0 Å². The number of hydrogen-bond donors (Lipinski definition) is 0. The van der Waals surface area contributed by atoms with E-state index in [9.17, 15) is 5.21 Å². The highest BCUT2D eigenvalue weighted by atomic mass is 16.5. The van der Waals surface area contributed by atoms with Crippen molar-refractivity contribution in [2.24, 2.45) is 5.92 Å². The molecule has 0 N–H and O–H groups in total. The second-order valence-corrected chi connectivity index (χ2v) is 4.58. The molecule has 15 heavy (non-hydrogen) atoms. The van der Waals surface area contributed by atoms with Gasteiger partial charge < -0.3 is 10.3 Å². The van der Waals surface area contributed by atoms with Gasteiger partial charge in [-0.3, -0.25) is 4.90 Å². The summed E-state index contributed by atoms with van der Waals surface area (Å²) in [4.78, 5) is 2.40. The summed E-state index contributed by atoms with van der Waals surface area (Å²) in [6.45, 7) is 4.75. The number of rotatable bonds is 2. The van der Waals surface area contributed by atoms with E-state index in [1.807, 2.05) is 0 Å². The van der Waals surface area contributed by atoms with Crippen molar-refractivity contribution >= 4 is 0 Å². The molecule has 0 amide bonds. The van der Waals surface area contributed by atoms with Crippen LogP contribution >= 0.6 is 0 Å². The number of nitrogens with zero attached hydrogens (tertiary/aromatic N) is 2. The van der Waals surface area contributed by atoms with Crippen LogP contribution in [-0.4, -0.2) is 42.7 Å². The minimum atomic E-state index is 0.522. The predicted molar refractivity (Wildman–Crippen MR) is 61.1 cm³/mol. The summed E-state index contributed by atoms with van der Waals surface area (Å²) < 4.78 is 0. The zero-order valence-corrected chi connectivity index (χ0v) is 9.24. The first kappa shape index (κ1) is 10.9. The van der Waals surface area contributed by atoms with Crippen LogP contribution in [0.5, 0.6) is 0 Å². The molecule has 84 valence electrons. The number of hydroxylamine groups is 2. The van der Waals surface area contributed by atoms with E-state index in [0.717, 1.165) is 24.4 Å². The molecule has 1 unspecified atom stereocenters. The maximum atomic E-state index is 11.0. The van der Waals surface area contributed by atoms with E-state index in [1.54, 1.807) is 0 Å². The molecular weight excluding hydrogens is 188 g/mol. The lowest BCUT2D eigenvalue weighted by Crippen LogP contribution is -2.19. The first-order chi connectivity index (χ1) is 7.34. The van der Waals surface area contributed by atoms with Crippen LogP contribution in [0.1, 0.15) is 25.7 Å². The van der Waals surface area contributed by atoms with Crippen LogP contribution in [0.4, 0.5) is 0 Å². The van der Waals surface area contributed by atoms with E-state index in [-0.39, 0.29) is 0 Å². The van der Waals surface area contributed by atoms with Crippen molar-refractivity contribution in [3.8, 4) is 11.8 Å². The third-order valence-corrected chi connectivity index (χ3v) is 3.27. The van der Waals surface area contributed by atoms with Gasteiger partial charge in [0.2, 0.25) is 0 Å². The standard InChI is InChI=1S/C12H19N2O/c15-14-10-6-12(11-14)5-1-2-7-13-8-3-4-9-13/h12H,3-11H2/q-1. The largest absolute Gasteiger partial charge is 0.785 e. The molecule has 2 aliphatic rings. The highest BCUT2D eigenvalue weighted by Crippen LogP contribution is 2.17. The molecule has 2 rings (SSSR count). The number of hydrogen-bond acceptors (Lipinski definition) is 3. The monoisotopic (exact) mass is 207 g/mol. The fraction of sp³-hybridized carbons (Fsp3) is 0.833. The van der Waals surface area contributed by atoms with Crippen molar-refractivity contribution in [3.05, 3.63) is 5.21 Å². The first-order valence-electron chi connectivity index (χ1n) is 5.95. The Balaban J connectivity index is 1.62. The average Bonchev–Trinajstić information content (AvgIpc) is 2.84. The fourth-order valence-corrected chi connectivity index (χ4v) is 2.29. The predicted octanol–water partition coefficient (Wildman–Crippen LogP) is 1.30. The molecule has 3 heteroatoms. The molecular formula is C12H19N2O-. The van der Waals surface area contributed by atoms with Crippen LogP contribution in [0.15, 0.2) is 0 Å². The van der Waals surface area contributed by atoms with E-state index in [4.69, 9.17) is 0 Å². The van der Waals surface area contributed by atoms with Crippen LogP contribution in [-0.2, 0) is 0 Å². The molecule has 0 aromatic rings. The van der Waals surface area contributed by atoms with Crippen molar-refractivity contribution in [1.82, 2.24) is 9.96 Å². The third kappa shape index (κ3) is 3.49. The third-order valence-electron chi connectivity index (χ3n) is 3.27. The topological polar surface area (TPSA) is 29.5 Å². The fourth-order valence-electron chi connectivity index (χ4n) is 2.29. The van der Waals surface area contributed by atoms with E-state index < -0.39 is 0 Å². The number of likely N-dealkylation sites (tertiary alicyclic amines) is 1. The Kier molecular flexibility index (Phi) is 4.01. The van der Waals surface area contributed by atoms with Gasteiger partial charge in [0, 0.05) is 6.42 Å². The maximum absolute atomic E-state index is 11.0. The molecule has 0 saturated carbocycles. The van der Waals surface area contributed by atoms with Gasteiger partial charge in [-0.05, 0) is 51.4 Å². The van der Waals surface area contributed by atoms with Gasteiger partial charge in [0.05, 0.1) is 6.54 Å².